The molecule has 1 aromatic heterocycles. The average molecular weight is 347 g/mol. The van der Waals surface area contributed by atoms with Gasteiger partial charge in [0, 0.05) is 44.7 Å². The molecule has 0 aliphatic rings. The Morgan fingerprint density at radius 3 is 2.71 bits per heavy atom. The highest BCUT2D eigenvalue weighted by Gasteiger charge is 2.15. The molecule has 0 atom stereocenters. The summed E-state index contributed by atoms with van der Waals surface area (Å²) in [5, 5.41) is 12.2. The summed E-state index contributed by atoms with van der Waals surface area (Å²) < 4.78 is 21.9. The normalized spacial score (nSPS) is 11.7. The third-order valence-electron chi connectivity index (χ3n) is 2.76. The molecule has 1 heterocycles. The summed E-state index contributed by atoms with van der Waals surface area (Å²) in [4.78, 5) is 15.4. The molecular formula is C12H11ClN2O4S2. The van der Waals surface area contributed by atoms with Crippen molar-refractivity contribution in [2.45, 2.75) is 11.8 Å². The molecule has 21 heavy (non-hydrogen) atoms. The van der Waals surface area contributed by atoms with E-state index in [9.17, 15) is 18.5 Å². The zero-order chi connectivity index (χ0) is 15.6. The van der Waals surface area contributed by atoms with Crippen LogP contribution in [-0.4, -0.2) is 29.8 Å². The van der Waals surface area contributed by atoms with Crippen molar-refractivity contribution in [1.29, 1.82) is 0 Å². The highest BCUT2D eigenvalue weighted by Crippen LogP contribution is 2.33. The lowest BCUT2D eigenvalue weighted by Gasteiger charge is -2.07. The number of aromatic nitrogens is 1. The Morgan fingerprint density at radius 1 is 1.38 bits per heavy atom. The SMILES string of the molecule is Cc1cc2c(SCCS(=O)(=O)Cl)ccc([N+](=O)[O-])c2cn1. The Kier molecular flexibility index (Phi) is 4.70. The molecule has 0 spiro atoms. The number of aryl methyl sites for hydroxylation is 1. The van der Waals surface area contributed by atoms with Gasteiger partial charge in [0.15, 0.2) is 0 Å². The summed E-state index contributed by atoms with van der Waals surface area (Å²) in [5.74, 6) is 0.113. The van der Waals surface area contributed by atoms with Crippen LogP contribution in [0.2, 0.25) is 0 Å². The van der Waals surface area contributed by atoms with E-state index >= 15 is 0 Å². The van der Waals surface area contributed by atoms with Crippen LogP contribution in [0.15, 0.2) is 29.3 Å². The molecule has 2 rings (SSSR count). The van der Waals surface area contributed by atoms with Gasteiger partial charge in [0.2, 0.25) is 9.05 Å². The van der Waals surface area contributed by atoms with Gasteiger partial charge in [-0.15, -0.1) is 11.8 Å². The lowest BCUT2D eigenvalue weighted by molar-refractivity contribution is -0.383. The molecule has 0 fully saturated rings. The van der Waals surface area contributed by atoms with E-state index in [1.807, 2.05) is 0 Å². The van der Waals surface area contributed by atoms with Crippen molar-refractivity contribution in [3.8, 4) is 0 Å². The van der Waals surface area contributed by atoms with Gasteiger partial charge in [-0.25, -0.2) is 8.42 Å². The van der Waals surface area contributed by atoms with Crippen LogP contribution < -0.4 is 0 Å². The molecule has 0 saturated carbocycles. The maximum Gasteiger partial charge on any atom is 0.278 e. The van der Waals surface area contributed by atoms with Crippen LogP contribution >= 0.6 is 22.4 Å². The third-order valence-corrected chi connectivity index (χ3v) is 5.24. The fourth-order valence-corrected chi connectivity index (χ4v) is 4.24. The van der Waals surface area contributed by atoms with Crippen molar-refractivity contribution >= 4 is 48.0 Å². The molecule has 0 unspecified atom stereocenters. The highest BCUT2D eigenvalue weighted by atomic mass is 35.7. The Morgan fingerprint density at radius 2 is 2.10 bits per heavy atom. The number of halogens is 1. The van der Waals surface area contributed by atoms with Gasteiger partial charge < -0.3 is 0 Å². The maximum absolute atomic E-state index is 11.0. The number of hydrogen-bond acceptors (Lipinski definition) is 6. The van der Waals surface area contributed by atoms with Crippen LogP contribution in [0, 0.1) is 17.0 Å². The summed E-state index contributed by atoms with van der Waals surface area (Å²) >= 11 is 1.29. The van der Waals surface area contributed by atoms with Crippen molar-refractivity contribution in [2.75, 3.05) is 11.5 Å². The van der Waals surface area contributed by atoms with Gasteiger partial charge in [-0.1, -0.05) is 0 Å². The van der Waals surface area contributed by atoms with Crippen molar-refractivity contribution in [3.63, 3.8) is 0 Å². The first-order valence-electron chi connectivity index (χ1n) is 5.87. The number of benzene rings is 1. The number of rotatable bonds is 5. The first-order valence-corrected chi connectivity index (χ1v) is 9.33. The molecular weight excluding hydrogens is 336 g/mol. The van der Waals surface area contributed by atoms with Crippen molar-refractivity contribution in [2.24, 2.45) is 0 Å². The summed E-state index contributed by atoms with van der Waals surface area (Å²) in [7, 11) is 1.62. The molecule has 0 aliphatic carbocycles. The lowest BCUT2D eigenvalue weighted by atomic mass is 10.1. The second kappa shape index (κ2) is 6.17. The van der Waals surface area contributed by atoms with Gasteiger partial charge in [0.05, 0.1) is 16.1 Å². The highest BCUT2D eigenvalue weighted by molar-refractivity contribution is 8.14. The van der Waals surface area contributed by atoms with Gasteiger partial charge in [-0.05, 0) is 19.1 Å². The number of hydrogen-bond donors (Lipinski definition) is 0. The van der Waals surface area contributed by atoms with E-state index in [0.29, 0.717) is 10.8 Å². The standard InChI is InChI=1S/C12H11ClN2O4S2/c1-8-6-9-10(7-14-8)11(15(16)17)2-3-12(9)20-4-5-21(13,18)19/h2-3,6-7H,4-5H2,1H3. The zero-order valence-electron chi connectivity index (χ0n) is 10.9. The van der Waals surface area contributed by atoms with Crippen molar-refractivity contribution < 1.29 is 13.3 Å². The molecule has 0 radical (unpaired) electrons. The van der Waals surface area contributed by atoms with Crippen LogP contribution in [0.25, 0.3) is 10.8 Å². The Bertz CT molecular complexity index is 808. The molecule has 0 bridgehead atoms. The van der Waals surface area contributed by atoms with E-state index in [4.69, 9.17) is 10.7 Å². The first kappa shape index (κ1) is 16.0. The smallest absolute Gasteiger partial charge is 0.261 e. The Labute approximate surface area is 130 Å². The van der Waals surface area contributed by atoms with Gasteiger partial charge in [0.25, 0.3) is 5.69 Å². The largest absolute Gasteiger partial charge is 0.278 e. The Hall–Kier alpha value is -1.38. The number of non-ortho nitro benzene ring substituents is 1. The molecule has 0 saturated heterocycles. The molecule has 0 N–H and O–H groups in total. The van der Waals surface area contributed by atoms with E-state index in [-0.39, 0.29) is 17.2 Å². The fourth-order valence-electron chi connectivity index (χ4n) is 1.84. The summed E-state index contributed by atoms with van der Waals surface area (Å²) in [6, 6.07) is 4.77. The minimum absolute atomic E-state index is 0.0215. The minimum atomic E-state index is -3.55. The molecule has 6 nitrogen and oxygen atoms in total. The summed E-state index contributed by atoms with van der Waals surface area (Å²) in [6.07, 6.45) is 1.46. The monoisotopic (exact) mass is 346 g/mol. The topological polar surface area (TPSA) is 90.2 Å². The second-order valence-electron chi connectivity index (χ2n) is 4.30. The van der Waals surface area contributed by atoms with Gasteiger partial charge in [-0.3, -0.25) is 15.1 Å². The van der Waals surface area contributed by atoms with E-state index in [0.717, 1.165) is 10.6 Å². The van der Waals surface area contributed by atoms with Crippen molar-refractivity contribution in [1.82, 2.24) is 4.98 Å². The van der Waals surface area contributed by atoms with E-state index in [2.05, 4.69) is 4.98 Å². The molecule has 112 valence electrons. The van der Waals surface area contributed by atoms with E-state index in [1.165, 1.54) is 24.0 Å². The number of nitro benzene ring substituents is 1. The van der Waals surface area contributed by atoms with Crippen LogP contribution in [-0.2, 0) is 9.05 Å². The predicted octanol–water partition coefficient (Wildman–Crippen LogP) is 3.11. The maximum atomic E-state index is 11.0. The van der Waals surface area contributed by atoms with Gasteiger partial charge in [-0.2, -0.15) is 0 Å². The first-order chi connectivity index (χ1) is 9.78. The number of fused-ring (bicyclic) bond motifs is 1. The van der Waals surface area contributed by atoms with E-state index < -0.39 is 14.0 Å². The minimum Gasteiger partial charge on any atom is -0.261 e. The zero-order valence-corrected chi connectivity index (χ0v) is 13.3. The number of thioether (sulfide) groups is 1. The molecule has 0 amide bonds. The number of nitrogens with zero attached hydrogens (tertiary/aromatic N) is 2. The van der Waals surface area contributed by atoms with Crippen LogP contribution in [0.3, 0.4) is 0 Å². The van der Waals surface area contributed by atoms with E-state index in [1.54, 1.807) is 19.1 Å². The quantitative estimate of drug-likeness (QED) is 0.357. The van der Waals surface area contributed by atoms with Crippen LogP contribution in [0.5, 0.6) is 0 Å². The summed E-state index contributed by atoms with van der Waals surface area (Å²) in [5.41, 5.74) is 0.710. The lowest BCUT2D eigenvalue weighted by Crippen LogP contribution is -2.00. The second-order valence-corrected chi connectivity index (χ2v) is 8.34. The molecule has 0 aliphatic heterocycles. The predicted molar refractivity (Wildman–Crippen MR) is 83.5 cm³/mol. The Balaban J connectivity index is 2.43. The van der Waals surface area contributed by atoms with Crippen LogP contribution in [0.4, 0.5) is 5.69 Å². The molecule has 9 heteroatoms. The van der Waals surface area contributed by atoms with Gasteiger partial charge >= 0.3 is 0 Å². The van der Waals surface area contributed by atoms with Gasteiger partial charge in [0.1, 0.15) is 0 Å². The fraction of sp³-hybridized carbons (Fsp3) is 0.250. The third kappa shape index (κ3) is 4.05. The molecule has 2 aromatic rings. The summed E-state index contributed by atoms with van der Waals surface area (Å²) in [6.45, 7) is 1.79. The van der Waals surface area contributed by atoms with Crippen molar-refractivity contribution in [3.05, 3.63) is 40.2 Å². The number of nitro groups is 1. The number of pyridine rings is 1. The average Bonchev–Trinajstić information content (AvgIpc) is 2.37. The van der Waals surface area contributed by atoms with Crippen LogP contribution in [0.1, 0.15) is 5.69 Å². The molecule has 1 aromatic carbocycles.